The largest absolute Gasteiger partial charge is 0.465 e. The number of carbonyl (C=O) groups is 2. The number of amides is 2. The van der Waals surface area contributed by atoms with Gasteiger partial charge in [0.25, 0.3) is 0 Å². The average Bonchev–Trinajstić information content (AvgIpc) is 3.34. The van der Waals surface area contributed by atoms with Gasteiger partial charge >= 0.3 is 6.09 Å². The number of aromatic nitrogens is 1. The van der Waals surface area contributed by atoms with Crippen LogP contribution in [0.2, 0.25) is 0 Å². The zero-order valence-corrected chi connectivity index (χ0v) is 25.1. The first-order valence-corrected chi connectivity index (χ1v) is 15.5. The zero-order valence-electron chi connectivity index (χ0n) is 24.3. The van der Waals surface area contributed by atoms with Crippen molar-refractivity contribution < 1.29 is 14.7 Å². The van der Waals surface area contributed by atoms with E-state index < -0.39 is 6.09 Å². The summed E-state index contributed by atoms with van der Waals surface area (Å²) >= 11 is 1.48. The zero-order chi connectivity index (χ0) is 28.8. The predicted octanol–water partition coefficient (Wildman–Crippen LogP) is 8.81. The van der Waals surface area contributed by atoms with Gasteiger partial charge in [0.1, 0.15) is 0 Å². The molecular weight excluding hydrogens is 518 g/mol. The predicted molar refractivity (Wildman–Crippen MR) is 169 cm³/mol. The van der Waals surface area contributed by atoms with Crippen LogP contribution < -0.4 is 5.32 Å². The highest BCUT2D eigenvalue weighted by Crippen LogP contribution is 2.32. The van der Waals surface area contributed by atoms with Gasteiger partial charge in [-0.2, -0.15) is 0 Å². The lowest BCUT2D eigenvalue weighted by molar-refractivity contribution is -0.116. The first-order valence-electron chi connectivity index (χ1n) is 14.7. The second-order valence-corrected chi connectivity index (χ2v) is 10.8. The third kappa shape index (κ3) is 13.7. The second-order valence-electron chi connectivity index (χ2n) is 9.76. The molecule has 1 heterocycles. The summed E-state index contributed by atoms with van der Waals surface area (Å²) in [7, 11) is 0. The van der Waals surface area contributed by atoms with E-state index in [0.717, 1.165) is 68.4 Å². The topological polar surface area (TPSA) is 82.5 Å². The molecule has 1 aromatic heterocycles. The van der Waals surface area contributed by atoms with Crippen molar-refractivity contribution in [2.24, 2.45) is 0 Å². The molecule has 6 nitrogen and oxygen atoms in total. The highest BCUT2D eigenvalue weighted by Gasteiger charge is 2.29. The van der Waals surface area contributed by atoms with Crippen LogP contribution in [0.25, 0.3) is 0 Å². The summed E-state index contributed by atoms with van der Waals surface area (Å²) in [6, 6.07) is -0.0120. The summed E-state index contributed by atoms with van der Waals surface area (Å²) in [5.74, 6) is -0.0414. The molecule has 40 heavy (non-hydrogen) atoms. The fourth-order valence-electron chi connectivity index (χ4n) is 4.39. The Labute approximate surface area is 245 Å². The summed E-state index contributed by atoms with van der Waals surface area (Å²) in [6.07, 6.45) is 35.1. The Balaban J connectivity index is 1.56. The average molecular weight is 566 g/mol. The molecule has 0 saturated carbocycles. The quantitative estimate of drug-likeness (QED) is 0.174. The number of allylic oxidation sites excluding steroid dienone is 12. The minimum Gasteiger partial charge on any atom is -0.465 e. The molecule has 0 aromatic carbocycles. The van der Waals surface area contributed by atoms with Gasteiger partial charge in [-0.25, -0.2) is 9.78 Å². The Hall–Kier alpha value is -3.19. The van der Waals surface area contributed by atoms with Crippen molar-refractivity contribution in [3.63, 3.8) is 0 Å². The molecule has 0 unspecified atom stereocenters. The lowest BCUT2D eigenvalue weighted by Gasteiger charge is -2.31. The molecule has 1 aliphatic rings. The fraction of sp³-hybridized carbons (Fsp3) is 0.485. The molecule has 2 amide bonds. The molecule has 7 heteroatoms. The van der Waals surface area contributed by atoms with Crippen LogP contribution in [-0.4, -0.2) is 39.6 Å². The number of carbonyl (C=O) groups excluding carboxylic acids is 1. The normalized spacial score (nSPS) is 15.9. The van der Waals surface area contributed by atoms with Crippen molar-refractivity contribution in [2.45, 2.75) is 96.9 Å². The van der Waals surface area contributed by atoms with Crippen LogP contribution in [0.3, 0.4) is 0 Å². The van der Waals surface area contributed by atoms with Gasteiger partial charge in [-0.05, 0) is 64.2 Å². The maximum Gasteiger partial charge on any atom is 0.407 e. The molecule has 0 fully saturated rings. The third-order valence-corrected chi connectivity index (χ3v) is 7.48. The lowest BCUT2D eigenvalue weighted by atomic mass is 9.96. The lowest BCUT2D eigenvalue weighted by Crippen LogP contribution is -2.42. The number of carboxylic acid groups (broad SMARTS) is 1. The molecule has 0 bridgehead atoms. The minimum atomic E-state index is -0.859. The third-order valence-electron chi connectivity index (χ3n) is 6.45. The van der Waals surface area contributed by atoms with Crippen molar-refractivity contribution in [1.29, 1.82) is 0 Å². The van der Waals surface area contributed by atoms with E-state index in [2.05, 4.69) is 84.1 Å². The van der Waals surface area contributed by atoms with Crippen molar-refractivity contribution in [1.82, 2.24) is 9.88 Å². The first kappa shape index (κ1) is 33.0. The molecule has 1 aliphatic carbocycles. The minimum absolute atomic E-state index is 0.0120. The van der Waals surface area contributed by atoms with E-state index in [4.69, 9.17) is 0 Å². The van der Waals surface area contributed by atoms with Gasteiger partial charge in [0.15, 0.2) is 5.13 Å². The van der Waals surface area contributed by atoms with Crippen LogP contribution >= 0.6 is 11.3 Å². The smallest absolute Gasteiger partial charge is 0.407 e. The number of fused-ring (bicyclic) bond motifs is 1. The number of hydrogen-bond donors (Lipinski definition) is 2. The first-order chi connectivity index (χ1) is 19.5. The highest BCUT2D eigenvalue weighted by molar-refractivity contribution is 7.15. The van der Waals surface area contributed by atoms with E-state index in [1.54, 1.807) is 4.90 Å². The maximum atomic E-state index is 12.4. The van der Waals surface area contributed by atoms with Crippen molar-refractivity contribution in [3.05, 3.63) is 83.5 Å². The Morgan fingerprint density at radius 2 is 1.45 bits per heavy atom. The molecular formula is C33H47N3O3S. The fourth-order valence-corrected chi connectivity index (χ4v) is 5.48. The Kier molecular flexibility index (Phi) is 17.1. The summed E-state index contributed by atoms with van der Waals surface area (Å²) in [4.78, 5) is 31.2. The van der Waals surface area contributed by atoms with E-state index in [1.165, 1.54) is 11.3 Å². The van der Waals surface area contributed by atoms with Crippen LogP contribution in [0.5, 0.6) is 0 Å². The summed E-state index contributed by atoms with van der Waals surface area (Å²) < 4.78 is 0. The van der Waals surface area contributed by atoms with Gasteiger partial charge in [0.05, 0.1) is 5.69 Å². The molecule has 0 radical (unpaired) electrons. The van der Waals surface area contributed by atoms with Gasteiger partial charge in [-0.15, -0.1) is 11.3 Å². The molecule has 0 saturated heterocycles. The van der Waals surface area contributed by atoms with Gasteiger partial charge < -0.3 is 15.3 Å². The maximum absolute atomic E-state index is 12.4. The van der Waals surface area contributed by atoms with Crippen LogP contribution in [0, 0.1) is 0 Å². The van der Waals surface area contributed by atoms with Gasteiger partial charge in [0.2, 0.25) is 5.91 Å². The van der Waals surface area contributed by atoms with Gasteiger partial charge in [-0.3, -0.25) is 4.79 Å². The molecule has 0 spiro atoms. The summed E-state index contributed by atoms with van der Waals surface area (Å²) in [6.45, 7) is 4.69. The van der Waals surface area contributed by atoms with Crippen LogP contribution in [0.15, 0.2) is 72.9 Å². The number of rotatable bonds is 18. The van der Waals surface area contributed by atoms with E-state index in [1.807, 2.05) is 13.0 Å². The van der Waals surface area contributed by atoms with Crippen LogP contribution in [-0.2, 0) is 17.6 Å². The standard InChI is InChI=1S/C33H47N3O3S/c1-3-5-6-7-8-9-10-11-12-13-14-15-16-17-18-19-20-21-22-23-31(37)35-32-34-29-25-24-28(27-30(29)40-32)36(26-4-2)33(38)39/h5-6,8-9,11-12,14-15,17-18,20-21,28H,3-4,7,10,13,16,19,22-27H2,1-2H3,(H,38,39)(H,34,35,37)/b6-5-,9-8-,12-11-,15-14-,18-17-,21-20-/t28-/m1/s1. The van der Waals surface area contributed by atoms with Crippen LogP contribution in [0.1, 0.15) is 88.6 Å². The number of nitrogens with one attached hydrogen (secondary N) is 1. The number of anilines is 1. The van der Waals surface area contributed by atoms with Crippen molar-refractivity contribution in [2.75, 3.05) is 11.9 Å². The van der Waals surface area contributed by atoms with Crippen LogP contribution in [0.4, 0.5) is 9.93 Å². The van der Waals surface area contributed by atoms with E-state index in [0.29, 0.717) is 30.9 Å². The summed E-state index contributed by atoms with van der Waals surface area (Å²) in [5, 5.41) is 13.1. The Morgan fingerprint density at radius 3 is 1.98 bits per heavy atom. The highest BCUT2D eigenvalue weighted by atomic mass is 32.1. The molecule has 1 aromatic rings. The molecule has 218 valence electrons. The summed E-state index contributed by atoms with van der Waals surface area (Å²) in [5.41, 5.74) is 0.996. The van der Waals surface area contributed by atoms with Crippen molar-refractivity contribution >= 4 is 28.5 Å². The number of nitrogens with zero attached hydrogens (tertiary/aromatic N) is 2. The second kappa shape index (κ2) is 20.7. The van der Waals surface area contributed by atoms with Crippen molar-refractivity contribution in [3.8, 4) is 0 Å². The number of thiazole rings is 1. The molecule has 0 aliphatic heterocycles. The number of aryl methyl sites for hydroxylation is 1. The van der Waals surface area contributed by atoms with Gasteiger partial charge in [-0.1, -0.05) is 86.8 Å². The molecule has 1 atom stereocenters. The number of hydrogen-bond acceptors (Lipinski definition) is 4. The van der Waals surface area contributed by atoms with E-state index >= 15 is 0 Å². The van der Waals surface area contributed by atoms with E-state index in [-0.39, 0.29) is 11.9 Å². The van der Waals surface area contributed by atoms with Gasteiger partial charge in [0, 0.05) is 30.3 Å². The molecule has 2 rings (SSSR count). The van der Waals surface area contributed by atoms with E-state index in [9.17, 15) is 14.7 Å². The Bertz CT molecular complexity index is 1060. The SMILES string of the molecule is CC/C=C\C/C=C\C/C=C\C/C=C\C/C=C\C/C=C\CCC(=O)Nc1nc2c(s1)C[C@H](N(CCC)C(=O)O)CC2. The Morgan fingerprint density at radius 1 is 0.900 bits per heavy atom. The monoisotopic (exact) mass is 565 g/mol. The molecule has 2 N–H and O–H groups in total.